The van der Waals surface area contributed by atoms with E-state index in [0.29, 0.717) is 21.7 Å². The lowest BCUT2D eigenvalue weighted by Crippen LogP contribution is -2.24. The van der Waals surface area contributed by atoms with Crippen LogP contribution in [-0.4, -0.2) is 25.4 Å². The van der Waals surface area contributed by atoms with Crippen molar-refractivity contribution in [2.75, 3.05) is 13.6 Å². The van der Waals surface area contributed by atoms with Gasteiger partial charge >= 0.3 is 0 Å². The summed E-state index contributed by atoms with van der Waals surface area (Å²) in [5.41, 5.74) is 1.47. The Hall–Kier alpha value is -2.29. The fraction of sp³-hybridized carbons (Fsp3) is 0.111. The Bertz CT molecular complexity index is 840. The van der Waals surface area contributed by atoms with Crippen molar-refractivity contribution in [2.24, 2.45) is 0 Å². The van der Waals surface area contributed by atoms with Crippen LogP contribution in [0, 0.1) is 11.8 Å². The number of rotatable bonds is 3. The second-order valence-electron chi connectivity index (χ2n) is 4.73. The van der Waals surface area contributed by atoms with Gasteiger partial charge in [0.05, 0.1) is 22.7 Å². The molecule has 0 saturated heterocycles. The third-order valence-corrected chi connectivity index (χ3v) is 3.96. The van der Waals surface area contributed by atoms with E-state index >= 15 is 0 Å². The molecule has 4 nitrogen and oxygen atoms in total. The lowest BCUT2D eigenvalue weighted by Gasteiger charge is -2.04. The quantitative estimate of drug-likeness (QED) is 0.770. The van der Waals surface area contributed by atoms with Crippen LogP contribution in [0.1, 0.15) is 26.3 Å². The molecule has 122 valence electrons. The smallest absolute Gasteiger partial charge is 0.253 e. The maximum absolute atomic E-state index is 12.1. The Morgan fingerprint density at radius 1 is 1.12 bits per heavy atom. The van der Waals surface area contributed by atoms with E-state index in [1.807, 2.05) is 0 Å². The van der Waals surface area contributed by atoms with Crippen molar-refractivity contribution in [3.63, 3.8) is 0 Å². The Balaban J connectivity index is 2.06. The van der Waals surface area contributed by atoms with Crippen LogP contribution >= 0.6 is 27.5 Å². The summed E-state index contributed by atoms with van der Waals surface area (Å²) in [6.45, 7) is 0.143. The summed E-state index contributed by atoms with van der Waals surface area (Å²) in [4.78, 5) is 23.9. The number of hydrogen-bond acceptors (Lipinski definition) is 2. The average Bonchev–Trinajstić information content (AvgIpc) is 2.60. The van der Waals surface area contributed by atoms with Gasteiger partial charge in [-0.2, -0.15) is 0 Å². The molecule has 0 unspecified atom stereocenters. The summed E-state index contributed by atoms with van der Waals surface area (Å²) >= 11 is 9.31. The van der Waals surface area contributed by atoms with Gasteiger partial charge in [-0.1, -0.05) is 51.5 Å². The highest BCUT2D eigenvalue weighted by atomic mass is 79.9. The zero-order valence-corrected chi connectivity index (χ0v) is 15.2. The molecule has 0 aliphatic rings. The molecule has 0 fully saturated rings. The molecule has 0 atom stereocenters. The minimum absolute atomic E-state index is 0.143. The monoisotopic (exact) mass is 404 g/mol. The van der Waals surface area contributed by atoms with Gasteiger partial charge in [0.25, 0.3) is 11.8 Å². The Labute approximate surface area is 153 Å². The lowest BCUT2D eigenvalue weighted by molar-refractivity contribution is 0.0952. The summed E-state index contributed by atoms with van der Waals surface area (Å²) in [5, 5.41) is 5.62. The van der Waals surface area contributed by atoms with Crippen molar-refractivity contribution < 1.29 is 9.59 Å². The summed E-state index contributed by atoms with van der Waals surface area (Å²) in [5.74, 6) is 5.22. The fourth-order valence-corrected chi connectivity index (χ4v) is 2.52. The van der Waals surface area contributed by atoms with Crippen molar-refractivity contribution >= 4 is 39.3 Å². The molecule has 0 radical (unpaired) electrons. The third kappa shape index (κ3) is 4.60. The molecule has 0 aromatic heterocycles. The number of benzene rings is 2. The van der Waals surface area contributed by atoms with Crippen molar-refractivity contribution in [2.45, 2.75) is 0 Å². The van der Waals surface area contributed by atoms with Crippen LogP contribution in [0.3, 0.4) is 0 Å². The van der Waals surface area contributed by atoms with Crippen LogP contribution in [-0.2, 0) is 0 Å². The summed E-state index contributed by atoms with van der Waals surface area (Å²) in [7, 11) is 1.56. The van der Waals surface area contributed by atoms with Gasteiger partial charge in [0, 0.05) is 17.1 Å². The van der Waals surface area contributed by atoms with Crippen LogP contribution in [0.5, 0.6) is 0 Å². The summed E-state index contributed by atoms with van der Waals surface area (Å²) in [6, 6.07) is 12.1. The van der Waals surface area contributed by atoms with E-state index in [-0.39, 0.29) is 18.4 Å². The SMILES string of the molecule is CNC(=O)c1ccccc1C#CCNC(=O)c1cc(Br)ccc1Cl. The molecule has 0 saturated carbocycles. The first-order valence-corrected chi connectivity index (χ1v) is 8.23. The van der Waals surface area contributed by atoms with Gasteiger partial charge in [0.2, 0.25) is 0 Å². The highest BCUT2D eigenvalue weighted by Crippen LogP contribution is 2.20. The number of amides is 2. The first kappa shape index (κ1) is 18.1. The molecule has 2 N–H and O–H groups in total. The lowest BCUT2D eigenvalue weighted by atomic mass is 10.1. The zero-order valence-electron chi connectivity index (χ0n) is 12.8. The molecular formula is C18H14BrClN2O2. The molecular weight excluding hydrogens is 392 g/mol. The van der Waals surface area contributed by atoms with Crippen molar-refractivity contribution in [3.05, 3.63) is 68.7 Å². The van der Waals surface area contributed by atoms with Gasteiger partial charge in [-0.25, -0.2) is 0 Å². The highest BCUT2D eigenvalue weighted by Gasteiger charge is 2.10. The molecule has 0 aliphatic heterocycles. The number of carbonyl (C=O) groups is 2. The predicted molar refractivity (Wildman–Crippen MR) is 98.2 cm³/mol. The van der Waals surface area contributed by atoms with Crippen molar-refractivity contribution in [1.29, 1.82) is 0 Å². The molecule has 0 spiro atoms. The first-order valence-electron chi connectivity index (χ1n) is 7.06. The Morgan fingerprint density at radius 2 is 1.88 bits per heavy atom. The topological polar surface area (TPSA) is 58.2 Å². The van der Waals surface area contributed by atoms with Crippen molar-refractivity contribution in [1.82, 2.24) is 10.6 Å². The van der Waals surface area contributed by atoms with Crippen LogP contribution in [0.25, 0.3) is 0 Å². The fourth-order valence-electron chi connectivity index (χ4n) is 1.96. The molecule has 2 aromatic carbocycles. The number of hydrogen-bond donors (Lipinski definition) is 2. The van der Waals surface area contributed by atoms with Gasteiger partial charge in [0.15, 0.2) is 0 Å². The number of carbonyl (C=O) groups excluding carboxylic acids is 2. The van der Waals surface area contributed by atoms with Crippen LogP contribution in [0.4, 0.5) is 0 Å². The molecule has 24 heavy (non-hydrogen) atoms. The predicted octanol–water partition coefficient (Wildman–Crippen LogP) is 3.24. The van der Waals surface area contributed by atoms with Crippen LogP contribution in [0.2, 0.25) is 5.02 Å². The summed E-state index contributed by atoms with van der Waals surface area (Å²) < 4.78 is 0.766. The van der Waals surface area contributed by atoms with Gasteiger partial charge < -0.3 is 10.6 Å². The van der Waals surface area contributed by atoms with Crippen LogP contribution in [0.15, 0.2) is 46.9 Å². The van der Waals surface area contributed by atoms with E-state index in [2.05, 4.69) is 38.4 Å². The number of nitrogens with one attached hydrogen (secondary N) is 2. The average molecular weight is 406 g/mol. The van der Waals surface area contributed by atoms with Gasteiger partial charge in [-0.15, -0.1) is 0 Å². The maximum Gasteiger partial charge on any atom is 0.253 e. The molecule has 0 bridgehead atoms. The second-order valence-corrected chi connectivity index (χ2v) is 6.06. The van der Waals surface area contributed by atoms with Crippen molar-refractivity contribution in [3.8, 4) is 11.8 Å². The molecule has 2 amide bonds. The van der Waals surface area contributed by atoms with E-state index < -0.39 is 0 Å². The molecule has 0 aliphatic carbocycles. The largest absolute Gasteiger partial charge is 0.355 e. The van der Waals surface area contributed by atoms with Gasteiger partial charge in [-0.05, 0) is 30.3 Å². The minimum Gasteiger partial charge on any atom is -0.355 e. The van der Waals surface area contributed by atoms with E-state index in [1.54, 1.807) is 49.5 Å². The van der Waals surface area contributed by atoms with E-state index in [4.69, 9.17) is 11.6 Å². The van der Waals surface area contributed by atoms with E-state index in [1.165, 1.54) is 0 Å². The molecule has 6 heteroatoms. The maximum atomic E-state index is 12.1. The standard InChI is InChI=1S/C18H14BrClN2O2/c1-21-17(23)14-7-3-2-5-12(14)6-4-10-22-18(24)15-11-13(19)8-9-16(15)20/h2-3,5,7-9,11H,10H2,1H3,(H,21,23)(H,22,24). The number of halogens is 2. The van der Waals surface area contributed by atoms with E-state index in [9.17, 15) is 9.59 Å². The Kier molecular flexibility index (Phi) is 6.42. The summed E-state index contributed by atoms with van der Waals surface area (Å²) in [6.07, 6.45) is 0. The molecule has 2 rings (SSSR count). The molecule has 0 heterocycles. The molecule has 2 aromatic rings. The van der Waals surface area contributed by atoms with Gasteiger partial charge in [-0.3, -0.25) is 9.59 Å². The highest BCUT2D eigenvalue weighted by molar-refractivity contribution is 9.10. The second kappa shape index (κ2) is 8.53. The van der Waals surface area contributed by atoms with Crippen LogP contribution < -0.4 is 10.6 Å². The minimum atomic E-state index is -0.310. The third-order valence-electron chi connectivity index (χ3n) is 3.13. The zero-order chi connectivity index (χ0) is 17.5. The Morgan fingerprint density at radius 3 is 2.62 bits per heavy atom. The van der Waals surface area contributed by atoms with E-state index in [0.717, 1.165) is 4.47 Å². The first-order chi connectivity index (χ1) is 11.5. The van der Waals surface area contributed by atoms with Gasteiger partial charge in [0.1, 0.15) is 0 Å². The normalized spacial score (nSPS) is 9.62.